The average molecular weight is 228 g/mol. The zero-order chi connectivity index (χ0) is 11.1. The lowest BCUT2D eigenvalue weighted by Crippen LogP contribution is -2.13. The number of hydrogen-bond donors (Lipinski definition) is 1. The molecule has 0 heterocycles. The first-order valence-corrected chi connectivity index (χ1v) is 5.23. The molecule has 0 unspecified atom stereocenters. The summed E-state index contributed by atoms with van der Waals surface area (Å²) in [5.74, 6) is -0.0502. The third-order valence-electron chi connectivity index (χ3n) is 1.81. The second-order valence-electron chi connectivity index (χ2n) is 3.00. The molecule has 0 aliphatic heterocycles. The zero-order valence-electron chi connectivity index (χ0n) is 8.63. The number of hydrogen-bond acceptors (Lipinski definition) is 2. The molecule has 0 bridgehead atoms. The van der Waals surface area contributed by atoms with Crippen LogP contribution < -0.4 is 5.32 Å². The summed E-state index contributed by atoms with van der Waals surface area (Å²) >= 11 is 5.72. The summed E-state index contributed by atoms with van der Waals surface area (Å²) in [6.45, 7) is 2.99. The van der Waals surface area contributed by atoms with Gasteiger partial charge in [0.25, 0.3) is 0 Å². The summed E-state index contributed by atoms with van der Waals surface area (Å²) in [7, 11) is 0. The molecule has 0 saturated heterocycles. The molecular weight excluding hydrogens is 214 g/mol. The molecule has 0 aromatic heterocycles. The van der Waals surface area contributed by atoms with Crippen molar-refractivity contribution in [3.63, 3.8) is 0 Å². The molecule has 1 aromatic carbocycles. The van der Waals surface area contributed by atoms with Crippen molar-refractivity contribution in [2.75, 3.05) is 18.5 Å². The summed E-state index contributed by atoms with van der Waals surface area (Å²) in [4.78, 5) is 11.3. The zero-order valence-corrected chi connectivity index (χ0v) is 9.38. The van der Waals surface area contributed by atoms with E-state index in [2.05, 4.69) is 5.32 Å². The molecule has 3 nitrogen and oxygen atoms in total. The minimum Gasteiger partial charge on any atom is -0.381 e. The van der Waals surface area contributed by atoms with Crippen molar-refractivity contribution in [2.24, 2.45) is 0 Å². The number of rotatable bonds is 5. The maximum atomic E-state index is 11.3. The highest BCUT2D eigenvalue weighted by Gasteiger charge is 2.01. The maximum absolute atomic E-state index is 11.3. The SMILES string of the molecule is CCOCCC(=O)Nc1ccc(Cl)cc1. The molecular formula is C11H14ClNO2. The van der Waals surface area contributed by atoms with Crippen LogP contribution in [-0.4, -0.2) is 19.1 Å². The maximum Gasteiger partial charge on any atom is 0.226 e. The molecule has 4 heteroatoms. The first-order valence-electron chi connectivity index (χ1n) is 4.85. The second-order valence-corrected chi connectivity index (χ2v) is 3.44. The van der Waals surface area contributed by atoms with Gasteiger partial charge in [0.05, 0.1) is 13.0 Å². The number of ether oxygens (including phenoxy) is 1. The highest BCUT2D eigenvalue weighted by atomic mass is 35.5. The van der Waals surface area contributed by atoms with Gasteiger partial charge in [0.2, 0.25) is 5.91 Å². The molecule has 82 valence electrons. The summed E-state index contributed by atoms with van der Waals surface area (Å²) in [5, 5.41) is 3.41. The van der Waals surface area contributed by atoms with E-state index in [1.54, 1.807) is 24.3 Å². The van der Waals surface area contributed by atoms with E-state index in [1.807, 2.05) is 6.92 Å². The monoisotopic (exact) mass is 227 g/mol. The quantitative estimate of drug-likeness (QED) is 0.786. The van der Waals surface area contributed by atoms with Gasteiger partial charge in [0.15, 0.2) is 0 Å². The Balaban J connectivity index is 2.34. The Morgan fingerprint density at radius 2 is 2.07 bits per heavy atom. The van der Waals surface area contributed by atoms with E-state index in [4.69, 9.17) is 16.3 Å². The van der Waals surface area contributed by atoms with Crippen molar-refractivity contribution in [2.45, 2.75) is 13.3 Å². The van der Waals surface area contributed by atoms with Crippen LogP contribution in [0.15, 0.2) is 24.3 Å². The number of anilines is 1. The minimum atomic E-state index is -0.0502. The molecule has 1 aromatic rings. The molecule has 0 saturated carbocycles. The number of benzene rings is 1. The third-order valence-corrected chi connectivity index (χ3v) is 2.06. The summed E-state index contributed by atoms with van der Waals surface area (Å²) in [5.41, 5.74) is 0.751. The van der Waals surface area contributed by atoms with Crippen molar-refractivity contribution in [1.29, 1.82) is 0 Å². The van der Waals surface area contributed by atoms with Gasteiger partial charge in [-0.15, -0.1) is 0 Å². The van der Waals surface area contributed by atoms with E-state index in [-0.39, 0.29) is 5.91 Å². The van der Waals surface area contributed by atoms with Crippen LogP contribution in [0.25, 0.3) is 0 Å². The number of halogens is 1. The van der Waals surface area contributed by atoms with Crippen molar-refractivity contribution in [1.82, 2.24) is 0 Å². The third kappa shape index (κ3) is 4.81. The largest absolute Gasteiger partial charge is 0.381 e. The standard InChI is InChI=1S/C11H14ClNO2/c1-2-15-8-7-11(14)13-10-5-3-9(12)4-6-10/h3-6H,2,7-8H2,1H3,(H,13,14). The molecule has 0 aliphatic rings. The Bertz CT molecular complexity index is 311. The number of amides is 1. The molecule has 0 aliphatic carbocycles. The molecule has 1 rings (SSSR count). The van der Waals surface area contributed by atoms with Crippen LogP contribution in [0.4, 0.5) is 5.69 Å². The average Bonchev–Trinajstić information content (AvgIpc) is 2.22. The van der Waals surface area contributed by atoms with Gasteiger partial charge < -0.3 is 10.1 Å². The van der Waals surface area contributed by atoms with Crippen molar-refractivity contribution in [3.8, 4) is 0 Å². The normalized spacial score (nSPS) is 10.0. The van der Waals surface area contributed by atoms with E-state index in [1.165, 1.54) is 0 Å². The van der Waals surface area contributed by atoms with Crippen molar-refractivity contribution < 1.29 is 9.53 Å². The molecule has 15 heavy (non-hydrogen) atoms. The Morgan fingerprint density at radius 3 is 2.67 bits per heavy atom. The summed E-state index contributed by atoms with van der Waals surface area (Å²) < 4.78 is 5.08. The molecule has 0 spiro atoms. The lowest BCUT2D eigenvalue weighted by molar-refractivity contribution is -0.117. The summed E-state index contributed by atoms with van der Waals surface area (Å²) in [6.07, 6.45) is 0.371. The predicted molar refractivity (Wildman–Crippen MR) is 61.2 cm³/mol. The van der Waals surface area contributed by atoms with Crippen LogP contribution in [0.5, 0.6) is 0 Å². The van der Waals surface area contributed by atoms with Gasteiger partial charge in [-0.2, -0.15) is 0 Å². The van der Waals surface area contributed by atoms with Crippen LogP contribution in [0, 0.1) is 0 Å². The molecule has 0 radical (unpaired) electrons. The smallest absolute Gasteiger partial charge is 0.226 e. The Labute approximate surface area is 94.4 Å². The highest BCUT2D eigenvalue weighted by Crippen LogP contribution is 2.13. The fourth-order valence-electron chi connectivity index (χ4n) is 1.07. The van der Waals surface area contributed by atoms with Crippen LogP contribution >= 0.6 is 11.6 Å². The minimum absolute atomic E-state index is 0.0502. The lowest BCUT2D eigenvalue weighted by atomic mass is 10.3. The lowest BCUT2D eigenvalue weighted by Gasteiger charge is -2.04. The van der Waals surface area contributed by atoms with E-state index >= 15 is 0 Å². The van der Waals surface area contributed by atoms with Gasteiger partial charge in [0, 0.05) is 17.3 Å². The molecule has 0 fully saturated rings. The Hall–Kier alpha value is -1.06. The van der Waals surface area contributed by atoms with E-state index in [9.17, 15) is 4.79 Å². The summed E-state index contributed by atoms with van der Waals surface area (Å²) in [6, 6.07) is 7.00. The van der Waals surface area contributed by atoms with Gasteiger partial charge in [-0.1, -0.05) is 11.6 Å². The van der Waals surface area contributed by atoms with Crippen LogP contribution in [-0.2, 0) is 9.53 Å². The number of nitrogens with one attached hydrogen (secondary N) is 1. The second kappa shape index (κ2) is 6.43. The first-order chi connectivity index (χ1) is 7.22. The fourth-order valence-corrected chi connectivity index (χ4v) is 1.19. The van der Waals surface area contributed by atoms with Crippen LogP contribution in [0.2, 0.25) is 5.02 Å². The topological polar surface area (TPSA) is 38.3 Å². The van der Waals surface area contributed by atoms with Gasteiger partial charge in [0.1, 0.15) is 0 Å². The predicted octanol–water partition coefficient (Wildman–Crippen LogP) is 2.71. The molecule has 1 N–H and O–H groups in total. The highest BCUT2D eigenvalue weighted by molar-refractivity contribution is 6.30. The van der Waals surface area contributed by atoms with Crippen molar-refractivity contribution in [3.05, 3.63) is 29.3 Å². The van der Waals surface area contributed by atoms with Gasteiger partial charge in [-0.05, 0) is 31.2 Å². The molecule has 0 atom stereocenters. The van der Waals surface area contributed by atoms with Crippen LogP contribution in [0.3, 0.4) is 0 Å². The van der Waals surface area contributed by atoms with Gasteiger partial charge in [-0.25, -0.2) is 0 Å². The number of carbonyl (C=O) groups is 1. The van der Waals surface area contributed by atoms with Crippen LogP contribution in [0.1, 0.15) is 13.3 Å². The van der Waals surface area contributed by atoms with E-state index in [0.29, 0.717) is 24.7 Å². The Morgan fingerprint density at radius 1 is 1.40 bits per heavy atom. The first kappa shape index (κ1) is 12.0. The fraction of sp³-hybridized carbons (Fsp3) is 0.364. The number of carbonyl (C=O) groups excluding carboxylic acids is 1. The van der Waals surface area contributed by atoms with Gasteiger partial charge in [-0.3, -0.25) is 4.79 Å². The van der Waals surface area contributed by atoms with Gasteiger partial charge >= 0.3 is 0 Å². The Kier molecular flexibility index (Phi) is 5.15. The van der Waals surface area contributed by atoms with Crippen molar-refractivity contribution >= 4 is 23.2 Å². The van der Waals surface area contributed by atoms with E-state index < -0.39 is 0 Å². The van der Waals surface area contributed by atoms with E-state index in [0.717, 1.165) is 5.69 Å². The molecule has 1 amide bonds.